The normalized spacial score (nSPS) is 23.8. The summed E-state index contributed by atoms with van der Waals surface area (Å²) in [5.74, 6) is 1.39. The minimum atomic E-state index is -0.670. The fourth-order valence-electron chi connectivity index (χ4n) is 11.9. The van der Waals surface area contributed by atoms with E-state index in [4.69, 9.17) is 35.2 Å². The molecule has 4 aromatic rings. The molecule has 2 saturated carbocycles. The van der Waals surface area contributed by atoms with E-state index < -0.39 is 17.2 Å². The number of carbonyl (C=O) groups excluding carboxylic acids is 3. The number of fused-ring (bicyclic) bond motifs is 4. The van der Waals surface area contributed by atoms with Crippen LogP contribution in [-0.2, 0) is 14.3 Å². The molecule has 0 spiro atoms. The van der Waals surface area contributed by atoms with Crippen LogP contribution in [0.3, 0.4) is 0 Å². The van der Waals surface area contributed by atoms with Gasteiger partial charge in [-0.3, -0.25) is 9.59 Å². The minimum absolute atomic E-state index is 0.0139. The second kappa shape index (κ2) is 21.2. The monoisotopic (exact) mass is 1020 g/mol. The smallest absolute Gasteiger partial charge is 0.410 e. The van der Waals surface area contributed by atoms with Crippen LogP contribution in [0.2, 0.25) is 0 Å². The van der Waals surface area contributed by atoms with Crippen molar-refractivity contribution in [2.75, 3.05) is 102 Å². The van der Waals surface area contributed by atoms with E-state index in [0.29, 0.717) is 99.4 Å². The Hall–Kier alpha value is -6.45. The SMILES string of the molecule is COc1cc2c(N)nc(N3CCN(C(=O)CC4CC5CCCC5N4)CC3)nc2c(F)c1OC.COc1cc2c(N)nc(N3CCN(C(=O)CC4CC5CCCC5N4C(=O)OC(C)(C)C)CC3)nc2c(F)c1OC. The van der Waals surface area contributed by atoms with Gasteiger partial charge in [0.2, 0.25) is 23.7 Å². The summed E-state index contributed by atoms with van der Waals surface area (Å²) in [4.78, 5) is 66.4. The largest absolute Gasteiger partial charge is 0.493 e. The molecule has 2 aromatic heterocycles. The third kappa shape index (κ3) is 10.5. The fourth-order valence-corrected chi connectivity index (χ4v) is 11.9. The molecular weight excluding hydrogens is 947 g/mol. The topological polar surface area (TPSA) is 229 Å². The molecule has 4 saturated heterocycles. The maximum Gasteiger partial charge on any atom is 0.410 e. The van der Waals surface area contributed by atoms with Gasteiger partial charge in [-0.05, 0) is 83.3 Å². The van der Waals surface area contributed by atoms with Crippen LogP contribution in [0.1, 0.15) is 85.0 Å². The summed E-state index contributed by atoms with van der Waals surface area (Å²) in [5.41, 5.74) is 11.9. The first-order valence-electron chi connectivity index (χ1n) is 25.6. The van der Waals surface area contributed by atoms with Gasteiger partial charge in [0, 0.05) is 100 Å². The van der Waals surface area contributed by atoms with Crippen LogP contribution in [0.4, 0.5) is 37.1 Å². The van der Waals surface area contributed by atoms with Crippen molar-refractivity contribution in [3.63, 3.8) is 0 Å². The molecule has 0 radical (unpaired) electrons. The number of halogens is 2. The highest BCUT2D eigenvalue weighted by atomic mass is 19.1. The van der Waals surface area contributed by atoms with Gasteiger partial charge in [0.1, 0.15) is 28.3 Å². The number of carbonyl (C=O) groups is 3. The summed E-state index contributed by atoms with van der Waals surface area (Å²) >= 11 is 0. The van der Waals surface area contributed by atoms with Gasteiger partial charge in [-0.15, -0.1) is 0 Å². The third-order valence-corrected chi connectivity index (χ3v) is 15.5. The zero-order valence-electron chi connectivity index (χ0n) is 43.0. The lowest BCUT2D eigenvalue weighted by Gasteiger charge is -2.36. The van der Waals surface area contributed by atoms with E-state index >= 15 is 8.78 Å². The molecule has 20 nitrogen and oxygen atoms in total. The number of nitrogens with one attached hydrogen (secondary N) is 1. The first kappa shape index (κ1) is 51.5. The van der Waals surface area contributed by atoms with Crippen molar-refractivity contribution in [3.8, 4) is 23.0 Å². The van der Waals surface area contributed by atoms with Crippen LogP contribution in [0.25, 0.3) is 21.8 Å². The van der Waals surface area contributed by atoms with E-state index in [1.54, 1.807) is 12.1 Å². The number of rotatable bonds is 10. The Morgan fingerprint density at radius 2 is 1.15 bits per heavy atom. The van der Waals surface area contributed by atoms with Gasteiger partial charge in [0.25, 0.3) is 0 Å². The van der Waals surface area contributed by atoms with Crippen molar-refractivity contribution in [3.05, 3.63) is 23.8 Å². The second-order valence-electron chi connectivity index (χ2n) is 21.0. The lowest BCUT2D eigenvalue weighted by Crippen LogP contribution is -2.51. The van der Waals surface area contributed by atoms with Gasteiger partial charge in [0.15, 0.2) is 34.6 Å². The van der Waals surface area contributed by atoms with Gasteiger partial charge in [-0.25, -0.2) is 23.5 Å². The molecule has 6 fully saturated rings. The maximum absolute atomic E-state index is 15.2. The molecule has 73 heavy (non-hydrogen) atoms. The number of piperazine rings is 2. The highest BCUT2D eigenvalue weighted by Crippen LogP contribution is 2.44. The number of amides is 3. The number of methoxy groups -OCH3 is 4. The number of nitrogens with zero attached hydrogens (tertiary/aromatic N) is 9. The molecule has 0 bridgehead atoms. The second-order valence-corrected chi connectivity index (χ2v) is 21.0. The quantitative estimate of drug-likeness (QED) is 0.178. The van der Waals surface area contributed by atoms with Gasteiger partial charge in [-0.1, -0.05) is 12.8 Å². The van der Waals surface area contributed by atoms with E-state index in [-0.39, 0.29) is 82.1 Å². The predicted molar refractivity (Wildman–Crippen MR) is 271 cm³/mol. The van der Waals surface area contributed by atoms with Crippen molar-refractivity contribution >= 4 is 63.2 Å². The van der Waals surface area contributed by atoms with Crippen LogP contribution in [-0.4, -0.2) is 163 Å². The number of nitrogen functional groups attached to an aromatic ring is 2. The Labute approximate surface area is 424 Å². The Morgan fingerprint density at radius 1 is 0.658 bits per heavy atom. The van der Waals surface area contributed by atoms with Crippen molar-refractivity contribution in [2.24, 2.45) is 11.8 Å². The summed E-state index contributed by atoms with van der Waals surface area (Å²) < 4.78 is 56.7. The third-order valence-electron chi connectivity index (χ3n) is 15.5. The van der Waals surface area contributed by atoms with Crippen LogP contribution in [0, 0.1) is 23.5 Å². The number of hydrogen-bond acceptors (Lipinski definition) is 17. The lowest BCUT2D eigenvalue weighted by molar-refractivity contribution is -0.133. The predicted octanol–water partition coefficient (Wildman–Crippen LogP) is 5.52. The molecule has 6 unspecified atom stereocenters. The molecule has 22 heteroatoms. The Morgan fingerprint density at radius 3 is 1.63 bits per heavy atom. The van der Waals surface area contributed by atoms with Crippen molar-refractivity contribution in [1.29, 1.82) is 0 Å². The first-order valence-corrected chi connectivity index (χ1v) is 25.6. The highest BCUT2D eigenvalue weighted by Gasteiger charge is 2.48. The minimum Gasteiger partial charge on any atom is -0.493 e. The van der Waals surface area contributed by atoms with E-state index in [1.165, 1.54) is 47.7 Å². The Bertz CT molecular complexity index is 2700. The lowest BCUT2D eigenvalue weighted by atomic mass is 10.0. The number of likely N-dealkylation sites (tertiary alicyclic amines) is 1. The van der Waals surface area contributed by atoms with Gasteiger partial charge < -0.3 is 65.0 Å². The molecule has 396 valence electrons. The number of anilines is 4. The molecule has 3 amide bonds. The van der Waals surface area contributed by atoms with E-state index in [0.717, 1.165) is 38.0 Å². The molecule has 4 aliphatic heterocycles. The molecule has 2 aliphatic carbocycles. The van der Waals surface area contributed by atoms with Crippen molar-refractivity contribution in [2.45, 2.75) is 115 Å². The van der Waals surface area contributed by atoms with E-state index in [1.807, 2.05) is 45.3 Å². The van der Waals surface area contributed by atoms with E-state index in [9.17, 15) is 14.4 Å². The molecular formula is C51H70F2N12O8. The molecule has 6 atom stereocenters. The van der Waals surface area contributed by atoms with Crippen molar-refractivity contribution in [1.82, 2.24) is 40.0 Å². The summed E-state index contributed by atoms with van der Waals surface area (Å²) in [6, 6.07) is 4.04. The highest BCUT2D eigenvalue weighted by molar-refractivity contribution is 5.93. The van der Waals surface area contributed by atoms with Gasteiger partial charge >= 0.3 is 6.09 Å². The molecule has 6 heterocycles. The number of benzene rings is 2. The number of nitrogens with two attached hydrogens (primary N) is 2. The fraction of sp³-hybridized carbons (Fsp3) is 0.627. The van der Waals surface area contributed by atoms with Crippen LogP contribution in [0.15, 0.2) is 12.1 Å². The molecule has 2 aromatic carbocycles. The van der Waals surface area contributed by atoms with E-state index in [2.05, 4.69) is 25.3 Å². The summed E-state index contributed by atoms with van der Waals surface area (Å²) in [6.45, 7) is 9.73. The maximum atomic E-state index is 15.2. The summed E-state index contributed by atoms with van der Waals surface area (Å²) in [7, 11) is 5.59. The van der Waals surface area contributed by atoms with Crippen molar-refractivity contribution < 1.29 is 46.8 Å². The Kier molecular flexibility index (Phi) is 14.9. The number of ether oxygens (including phenoxy) is 5. The first-order chi connectivity index (χ1) is 35.0. The summed E-state index contributed by atoms with van der Waals surface area (Å²) in [6.07, 6.45) is 9.43. The van der Waals surface area contributed by atoms with Crippen LogP contribution >= 0.6 is 0 Å². The van der Waals surface area contributed by atoms with Crippen LogP contribution in [0.5, 0.6) is 23.0 Å². The van der Waals surface area contributed by atoms with Gasteiger partial charge in [0.05, 0.1) is 28.4 Å². The standard InChI is InChI=1S/C28H39FN6O5.C23H31FN6O3/c1-28(2,3)40-27(37)35-17(13-16-7-6-8-19(16)35)14-21(36)33-9-11-34(12-10-33)26-31-23-18(25(30)32-26)15-20(38-4)24(39-5)22(23)29;1-32-17-12-15-20(19(24)21(17)33-2)27-23(28-22(15)25)30-8-6-29(7-9-30)18(31)11-14-10-13-4-3-5-16(13)26-14/h15-17,19H,6-14H2,1-5H3,(H2,30,31,32);12-14,16,26H,3-11H2,1-2H3,(H2,25,27,28). The zero-order chi connectivity index (χ0) is 51.9. The summed E-state index contributed by atoms with van der Waals surface area (Å²) in [5, 5.41) is 4.37. The van der Waals surface area contributed by atoms with Crippen LogP contribution < -0.4 is 45.5 Å². The average molecular weight is 1020 g/mol. The molecule has 5 N–H and O–H groups in total. The zero-order valence-corrected chi connectivity index (χ0v) is 43.0. The number of hydrogen-bond donors (Lipinski definition) is 3. The van der Waals surface area contributed by atoms with Gasteiger partial charge in [-0.2, -0.15) is 9.97 Å². The molecule has 10 rings (SSSR count). The average Bonchev–Trinajstić information content (AvgIpc) is 4.17. The Balaban J connectivity index is 0.000000183. The number of aromatic nitrogens is 4. The molecule has 6 aliphatic rings.